The zero-order valence-electron chi connectivity index (χ0n) is 22.5. The Morgan fingerprint density at radius 3 is 2.56 bits per heavy atom. The van der Waals surface area contributed by atoms with Gasteiger partial charge in [0, 0.05) is 17.8 Å². The van der Waals surface area contributed by atoms with Crippen molar-refractivity contribution >= 4 is 29.5 Å². The maximum Gasteiger partial charge on any atom is 0.310 e. The first-order chi connectivity index (χ1) is 17.1. The highest BCUT2D eigenvalue weighted by atomic mass is 32.2. The molecule has 4 unspecified atom stereocenters. The van der Waals surface area contributed by atoms with Crippen LogP contribution in [0.15, 0.2) is 25.3 Å². The predicted molar refractivity (Wildman–Crippen MR) is 143 cm³/mol. The predicted octanol–water partition coefficient (Wildman–Crippen LogP) is 3.66. The number of hydrogen-bond donors (Lipinski definition) is 1. The number of aliphatic hydroxyl groups is 1. The molecule has 3 aliphatic heterocycles. The number of thioether (sulfide) groups is 1. The number of rotatable bonds is 13. The van der Waals surface area contributed by atoms with Crippen LogP contribution in [0.4, 0.5) is 0 Å². The van der Waals surface area contributed by atoms with Gasteiger partial charge < -0.3 is 19.6 Å². The van der Waals surface area contributed by atoms with Gasteiger partial charge >= 0.3 is 5.97 Å². The van der Waals surface area contributed by atoms with Gasteiger partial charge in [-0.2, -0.15) is 0 Å². The average molecular weight is 521 g/mol. The molecule has 0 saturated carbocycles. The number of likely N-dealkylation sites (tertiary alicyclic amines) is 1. The van der Waals surface area contributed by atoms with Gasteiger partial charge in [0.15, 0.2) is 0 Å². The number of carbonyl (C=O) groups excluding carboxylic acids is 3. The fourth-order valence-electron chi connectivity index (χ4n) is 6.68. The summed E-state index contributed by atoms with van der Waals surface area (Å²) in [6.07, 6.45) is 6.51. The minimum Gasteiger partial charge on any atom is -0.465 e. The summed E-state index contributed by atoms with van der Waals surface area (Å²) in [4.78, 5) is 45.5. The van der Waals surface area contributed by atoms with Crippen LogP contribution in [0.25, 0.3) is 0 Å². The van der Waals surface area contributed by atoms with E-state index in [1.807, 2.05) is 25.7 Å². The second-order valence-corrected chi connectivity index (χ2v) is 12.5. The summed E-state index contributed by atoms with van der Waals surface area (Å²) in [5.41, 5.74) is 0. The van der Waals surface area contributed by atoms with E-state index in [2.05, 4.69) is 27.0 Å². The lowest BCUT2D eigenvalue weighted by Gasteiger charge is -2.43. The SMILES string of the molecule is C=CCCOC(=O)[C@@H]1[C@H]2C(=O)N([C@@H](CO)C(C)C)C(C(=O)N(CC=C)C(C)CCC)C23S[C@@H]1CC3C. The summed E-state index contributed by atoms with van der Waals surface area (Å²) >= 11 is 1.64. The maximum atomic E-state index is 14.5. The van der Waals surface area contributed by atoms with E-state index in [1.54, 1.807) is 28.8 Å². The zero-order chi connectivity index (χ0) is 26.8. The molecule has 0 aromatic rings. The number of aliphatic hydroxyl groups excluding tert-OH is 1. The van der Waals surface area contributed by atoms with Crippen molar-refractivity contribution in [3.63, 3.8) is 0 Å². The van der Waals surface area contributed by atoms with Gasteiger partial charge in [-0.25, -0.2) is 0 Å². The lowest BCUT2D eigenvalue weighted by atomic mass is 9.66. The first-order valence-corrected chi connectivity index (χ1v) is 14.3. The van der Waals surface area contributed by atoms with Crippen molar-refractivity contribution in [3.8, 4) is 0 Å². The molecule has 8 atom stereocenters. The number of ether oxygens (including phenoxy) is 1. The second-order valence-electron chi connectivity index (χ2n) is 11.0. The topological polar surface area (TPSA) is 87.1 Å². The van der Waals surface area contributed by atoms with Gasteiger partial charge in [0.25, 0.3) is 0 Å². The minimum absolute atomic E-state index is 0.0156. The molecule has 3 aliphatic rings. The Morgan fingerprint density at radius 2 is 2.00 bits per heavy atom. The van der Waals surface area contributed by atoms with Gasteiger partial charge in [-0.05, 0) is 38.0 Å². The van der Waals surface area contributed by atoms with E-state index in [0.29, 0.717) is 13.0 Å². The van der Waals surface area contributed by atoms with Crippen LogP contribution in [0.3, 0.4) is 0 Å². The third-order valence-electron chi connectivity index (χ3n) is 8.42. The van der Waals surface area contributed by atoms with Crippen LogP contribution < -0.4 is 0 Å². The largest absolute Gasteiger partial charge is 0.465 e. The maximum absolute atomic E-state index is 14.5. The lowest BCUT2D eigenvalue weighted by Crippen LogP contribution is -2.61. The summed E-state index contributed by atoms with van der Waals surface area (Å²) in [6.45, 7) is 18.1. The fraction of sp³-hybridized carbons (Fsp3) is 0.750. The molecule has 1 spiro atoms. The molecule has 1 N–H and O–H groups in total. The first-order valence-electron chi connectivity index (χ1n) is 13.4. The molecule has 36 heavy (non-hydrogen) atoms. The van der Waals surface area contributed by atoms with Crippen molar-refractivity contribution in [2.45, 2.75) is 88.4 Å². The highest BCUT2D eigenvalue weighted by molar-refractivity contribution is 8.02. The molecule has 0 aromatic heterocycles. The highest BCUT2D eigenvalue weighted by Gasteiger charge is 2.77. The van der Waals surface area contributed by atoms with Gasteiger partial charge in [-0.15, -0.1) is 24.9 Å². The van der Waals surface area contributed by atoms with Crippen LogP contribution in [0.5, 0.6) is 0 Å². The van der Waals surface area contributed by atoms with Crippen molar-refractivity contribution < 1.29 is 24.2 Å². The van der Waals surface area contributed by atoms with Crippen LogP contribution >= 0.6 is 11.8 Å². The van der Waals surface area contributed by atoms with Crippen LogP contribution in [-0.4, -0.2) is 80.6 Å². The quantitative estimate of drug-likeness (QED) is 0.227. The van der Waals surface area contributed by atoms with Crippen molar-refractivity contribution in [1.82, 2.24) is 9.80 Å². The molecule has 0 aromatic carbocycles. The summed E-state index contributed by atoms with van der Waals surface area (Å²) < 4.78 is 4.85. The lowest BCUT2D eigenvalue weighted by molar-refractivity contribution is -0.155. The van der Waals surface area contributed by atoms with Crippen molar-refractivity contribution in [1.29, 1.82) is 0 Å². The van der Waals surface area contributed by atoms with Crippen LogP contribution in [0.2, 0.25) is 0 Å². The van der Waals surface area contributed by atoms with E-state index < -0.39 is 28.7 Å². The second kappa shape index (κ2) is 11.7. The molecular weight excluding hydrogens is 476 g/mol. The van der Waals surface area contributed by atoms with E-state index in [-0.39, 0.29) is 54.1 Å². The van der Waals surface area contributed by atoms with Gasteiger partial charge in [-0.3, -0.25) is 14.4 Å². The van der Waals surface area contributed by atoms with Gasteiger partial charge in [0.2, 0.25) is 11.8 Å². The highest BCUT2D eigenvalue weighted by Crippen LogP contribution is 2.69. The van der Waals surface area contributed by atoms with E-state index in [1.165, 1.54) is 0 Å². The van der Waals surface area contributed by atoms with Crippen LogP contribution in [0, 0.1) is 23.7 Å². The number of carbonyl (C=O) groups is 3. The molecule has 3 saturated heterocycles. The molecule has 202 valence electrons. The number of fused-ring (bicyclic) bond motifs is 1. The molecule has 7 nitrogen and oxygen atoms in total. The van der Waals surface area contributed by atoms with Crippen molar-refractivity contribution in [3.05, 3.63) is 25.3 Å². The molecular formula is C28H44N2O5S. The Kier molecular flexibility index (Phi) is 9.36. The molecule has 2 bridgehead atoms. The molecule has 0 aliphatic carbocycles. The third-order valence-corrected chi connectivity index (χ3v) is 10.5. The van der Waals surface area contributed by atoms with Crippen LogP contribution in [-0.2, 0) is 19.1 Å². The third kappa shape index (κ3) is 4.64. The van der Waals surface area contributed by atoms with E-state index in [9.17, 15) is 19.5 Å². The zero-order valence-corrected chi connectivity index (χ0v) is 23.3. The summed E-state index contributed by atoms with van der Waals surface area (Å²) in [6, 6.07) is -1.27. The van der Waals surface area contributed by atoms with E-state index in [0.717, 1.165) is 19.3 Å². The Bertz CT molecular complexity index is 863. The average Bonchev–Trinajstić information content (AvgIpc) is 3.42. The fourth-order valence-corrected chi connectivity index (χ4v) is 9.07. The summed E-state index contributed by atoms with van der Waals surface area (Å²) in [5.74, 6) is -1.88. The van der Waals surface area contributed by atoms with Gasteiger partial charge in [0.1, 0.15) is 6.04 Å². The van der Waals surface area contributed by atoms with Crippen molar-refractivity contribution in [2.75, 3.05) is 19.8 Å². The van der Waals surface area contributed by atoms with E-state index >= 15 is 0 Å². The minimum atomic E-state index is -0.746. The number of hydrogen-bond acceptors (Lipinski definition) is 6. The summed E-state index contributed by atoms with van der Waals surface area (Å²) in [5, 5.41) is 10.3. The Balaban J connectivity index is 2.11. The first kappa shape index (κ1) is 28.8. The molecule has 3 fully saturated rings. The summed E-state index contributed by atoms with van der Waals surface area (Å²) in [7, 11) is 0. The van der Waals surface area contributed by atoms with Gasteiger partial charge in [-0.1, -0.05) is 46.3 Å². The number of amides is 2. The Morgan fingerprint density at radius 1 is 1.31 bits per heavy atom. The molecule has 3 heterocycles. The molecule has 0 radical (unpaired) electrons. The molecule has 8 heteroatoms. The Labute approximate surface area is 220 Å². The monoisotopic (exact) mass is 520 g/mol. The number of esters is 1. The van der Waals surface area contributed by atoms with E-state index in [4.69, 9.17) is 4.74 Å². The van der Waals surface area contributed by atoms with Gasteiger partial charge in [0.05, 0.1) is 35.8 Å². The smallest absolute Gasteiger partial charge is 0.310 e. The molecule has 2 amide bonds. The molecule has 3 rings (SSSR count). The van der Waals surface area contributed by atoms with Crippen LogP contribution in [0.1, 0.15) is 60.3 Å². The standard InChI is InChI=1S/C28H44N2O5S/c1-8-11-14-35-27(34)22-21-15-18(6)28(36-21)23(22)25(32)30(20(16-31)17(4)5)24(28)26(33)29(13-10-3)19(7)12-9-2/h8,10,17-24,31H,1,3,9,11-16H2,2,4-7H3/t18?,19?,20-,21+,22-,23-,24?,28?/m0/s1. The Hall–Kier alpha value is -1.80. The normalized spacial score (nSPS) is 32.4. The van der Waals surface area contributed by atoms with Crippen molar-refractivity contribution in [2.24, 2.45) is 23.7 Å². The number of nitrogens with zero attached hydrogens (tertiary/aromatic N) is 2.